The average molecular weight is 527 g/mol. The molecule has 0 unspecified atom stereocenters. The molecule has 1 aliphatic carbocycles. The van der Waals surface area contributed by atoms with Gasteiger partial charge in [-0.1, -0.05) is 115 Å². The predicted molar refractivity (Wildman–Crippen MR) is 155 cm³/mol. The van der Waals surface area contributed by atoms with Gasteiger partial charge in [0.05, 0.1) is 23.0 Å². The van der Waals surface area contributed by atoms with E-state index >= 15 is 0 Å². The van der Waals surface area contributed by atoms with Crippen molar-refractivity contribution < 1.29 is 4.79 Å². The summed E-state index contributed by atoms with van der Waals surface area (Å²) in [6, 6.07) is 38.1. The Labute approximate surface area is 231 Å². The minimum absolute atomic E-state index is 0.155. The molecular formula is C33H23ClN4O. The van der Waals surface area contributed by atoms with Gasteiger partial charge in [-0.3, -0.25) is 4.79 Å². The lowest BCUT2D eigenvalue weighted by atomic mass is 9.62. The van der Waals surface area contributed by atoms with Crippen LogP contribution >= 0.6 is 11.6 Å². The summed E-state index contributed by atoms with van der Waals surface area (Å²) in [7, 11) is 0. The second kappa shape index (κ2) is 9.75. The van der Waals surface area contributed by atoms with Crippen LogP contribution in [0.2, 0.25) is 5.02 Å². The van der Waals surface area contributed by atoms with Crippen LogP contribution in [0.15, 0.2) is 138 Å². The van der Waals surface area contributed by atoms with Crippen LogP contribution in [-0.4, -0.2) is 11.6 Å². The molecule has 0 fully saturated rings. The van der Waals surface area contributed by atoms with E-state index in [1.54, 1.807) is 6.07 Å². The van der Waals surface area contributed by atoms with Crippen molar-refractivity contribution in [3.8, 4) is 6.07 Å². The molecule has 1 amide bonds. The van der Waals surface area contributed by atoms with Crippen molar-refractivity contribution in [3.05, 3.63) is 154 Å². The number of carbonyl (C=O) groups is 1. The molecule has 5 nitrogen and oxygen atoms in total. The molecule has 2 atom stereocenters. The van der Waals surface area contributed by atoms with Gasteiger partial charge in [-0.05, 0) is 40.5 Å². The van der Waals surface area contributed by atoms with Crippen LogP contribution in [0, 0.1) is 16.7 Å². The number of nitriles is 1. The lowest BCUT2D eigenvalue weighted by molar-refractivity contribution is -0.120. The maximum Gasteiger partial charge on any atom is 0.270 e. The second-order valence-electron chi connectivity index (χ2n) is 9.40. The number of carbonyl (C=O) groups excluding carboxylic acids is 1. The maximum atomic E-state index is 14.8. The van der Waals surface area contributed by atoms with Crippen molar-refractivity contribution in [2.45, 2.75) is 5.92 Å². The molecule has 2 N–H and O–H groups in total. The van der Waals surface area contributed by atoms with Crippen molar-refractivity contribution in [1.82, 2.24) is 0 Å². The topological polar surface area (TPSA) is 82.5 Å². The fourth-order valence-electron chi connectivity index (χ4n) is 5.50. The van der Waals surface area contributed by atoms with Gasteiger partial charge in [0.15, 0.2) is 5.41 Å². The van der Waals surface area contributed by atoms with E-state index in [9.17, 15) is 10.1 Å². The second-order valence-corrected chi connectivity index (χ2v) is 9.81. The molecule has 188 valence electrons. The van der Waals surface area contributed by atoms with Gasteiger partial charge < -0.3 is 5.73 Å². The van der Waals surface area contributed by atoms with E-state index in [1.807, 2.05) is 115 Å². The van der Waals surface area contributed by atoms with E-state index < -0.39 is 11.3 Å². The Morgan fingerprint density at radius 2 is 1.38 bits per heavy atom. The molecule has 0 saturated carbocycles. The first-order valence-corrected chi connectivity index (χ1v) is 12.9. The summed E-state index contributed by atoms with van der Waals surface area (Å²) in [6.45, 7) is 0. The van der Waals surface area contributed by atoms with E-state index in [2.05, 4.69) is 6.07 Å². The molecule has 1 heterocycles. The number of halogens is 1. The third kappa shape index (κ3) is 3.77. The molecule has 2 aliphatic rings. The quantitative estimate of drug-likeness (QED) is 0.321. The van der Waals surface area contributed by atoms with Crippen molar-refractivity contribution in [2.24, 2.45) is 16.3 Å². The van der Waals surface area contributed by atoms with Crippen LogP contribution in [0.1, 0.15) is 22.6 Å². The Kier molecular flexibility index (Phi) is 6.11. The molecule has 4 aromatic rings. The minimum Gasteiger partial charge on any atom is -0.400 e. The number of rotatable bonds is 4. The van der Waals surface area contributed by atoms with Gasteiger partial charge in [0.1, 0.15) is 0 Å². The molecule has 6 rings (SSSR count). The van der Waals surface area contributed by atoms with Gasteiger partial charge in [0.25, 0.3) is 5.91 Å². The highest BCUT2D eigenvalue weighted by Crippen LogP contribution is 2.55. The molecule has 4 aromatic carbocycles. The summed E-state index contributed by atoms with van der Waals surface area (Å²) in [5, 5.41) is 17.3. The Morgan fingerprint density at radius 1 is 0.821 bits per heavy atom. The first-order chi connectivity index (χ1) is 19.1. The normalized spacial score (nSPS) is 20.6. The van der Waals surface area contributed by atoms with Gasteiger partial charge in [-0.15, -0.1) is 0 Å². The molecule has 0 aromatic heterocycles. The van der Waals surface area contributed by atoms with Crippen LogP contribution in [-0.2, 0) is 4.79 Å². The lowest BCUT2D eigenvalue weighted by Gasteiger charge is -2.38. The zero-order valence-electron chi connectivity index (χ0n) is 20.8. The van der Waals surface area contributed by atoms with Crippen molar-refractivity contribution in [3.63, 3.8) is 0 Å². The third-order valence-corrected chi connectivity index (χ3v) is 7.65. The summed E-state index contributed by atoms with van der Waals surface area (Å²) < 4.78 is 0. The van der Waals surface area contributed by atoms with Gasteiger partial charge in [-0.25, -0.2) is 0 Å². The molecule has 1 aliphatic heterocycles. The molecule has 0 radical (unpaired) electrons. The number of hydrogen-bond acceptors (Lipinski definition) is 4. The van der Waals surface area contributed by atoms with Crippen LogP contribution < -0.4 is 10.7 Å². The van der Waals surface area contributed by atoms with E-state index in [4.69, 9.17) is 22.4 Å². The Morgan fingerprint density at radius 3 is 2.00 bits per heavy atom. The zero-order valence-corrected chi connectivity index (χ0v) is 21.6. The van der Waals surface area contributed by atoms with E-state index in [1.165, 1.54) is 5.01 Å². The van der Waals surface area contributed by atoms with Crippen LogP contribution in [0.25, 0.3) is 5.57 Å². The van der Waals surface area contributed by atoms with Crippen LogP contribution in [0.3, 0.4) is 0 Å². The number of anilines is 1. The third-order valence-electron chi connectivity index (χ3n) is 7.30. The Balaban J connectivity index is 1.69. The van der Waals surface area contributed by atoms with Gasteiger partial charge >= 0.3 is 0 Å². The molecule has 0 bridgehead atoms. The number of para-hydroxylation sites is 1. The molecule has 39 heavy (non-hydrogen) atoms. The van der Waals surface area contributed by atoms with Crippen LogP contribution in [0.5, 0.6) is 0 Å². The highest BCUT2D eigenvalue weighted by molar-refractivity contribution is 6.34. The number of nitrogens with two attached hydrogens (primary N) is 1. The molecule has 1 spiro atoms. The largest absolute Gasteiger partial charge is 0.400 e. The standard InChI is InChI=1S/C33H23ClN4O/c34-29-19-11-10-18-25(29)26-20-28(22-12-4-1-5-13-22)33(30(36)27(26)21-35)31(23-14-6-2-7-15-23)37-38(32(33)39)24-16-8-3-9-17-24/h1-20,26H,36H2/t26-,33-/m1/s1. The summed E-state index contributed by atoms with van der Waals surface area (Å²) in [5.41, 5.74) is 9.97. The van der Waals surface area contributed by atoms with Crippen molar-refractivity contribution in [1.29, 1.82) is 5.26 Å². The number of amides is 1. The lowest BCUT2D eigenvalue weighted by Crippen LogP contribution is -2.47. The SMILES string of the molecule is N#CC1=C(N)[C@]2(C(=O)N(c3ccccc3)N=C2c2ccccc2)C(c2ccccc2)=C[C@@H]1c1ccccc1Cl. The molecular weight excluding hydrogens is 504 g/mol. The van der Waals surface area contributed by atoms with E-state index in [0.717, 1.165) is 16.7 Å². The highest BCUT2D eigenvalue weighted by atomic mass is 35.5. The minimum atomic E-state index is -1.53. The maximum absolute atomic E-state index is 14.8. The van der Waals surface area contributed by atoms with Gasteiger partial charge in [0.2, 0.25) is 0 Å². The monoisotopic (exact) mass is 526 g/mol. The molecule has 6 heteroatoms. The summed E-state index contributed by atoms with van der Waals surface area (Å²) in [5.74, 6) is -0.884. The summed E-state index contributed by atoms with van der Waals surface area (Å²) >= 11 is 6.63. The number of hydrazone groups is 1. The number of benzene rings is 4. The predicted octanol–water partition coefficient (Wildman–Crippen LogP) is 6.69. The van der Waals surface area contributed by atoms with Gasteiger partial charge in [0, 0.05) is 16.6 Å². The van der Waals surface area contributed by atoms with Crippen LogP contribution in [0.4, 0.5) is 5.69 Å². The first-order valence-electron chi connectivity index (χ1n) is 12.5. The fourth-order valence-corrected chi connectivity index (χ4v) is 5.76. The number of nitrogens with zero attached hydrogens (tertiary/aromatic N) is 3. The van der Waals surface area contributed by atoms with Crippen molar-refractivity contribution >= 4 is 34.5 Å². The van der Waals surface area contributed by atoms with E-state index in [-0.39, 0.29) is 17.2 Å². The zero-order chi connectivity index (χ0) is 27.0. The van der Waals surface area contributed by atoms with Crippen molar-refractivity contribution in [2.75, 3.05) is 5.01 Å². The van der Waals surface area contributed by atoms with Gasteiger partial charge in [-0.2, -0.15) is 15.4 Å². The first kappa shape index (κ1) is 24.4. The summed E-state index contributed by atoms with van der Waals surface area (Å²) in [6.07, 6.45) is 1.95. The Bertz CT molecular complexity index is 1710. The number of hydrogen-bond donors (Lipinski definition) is 1. The number of allylic oxidation sites excluding steroid dienone is 2. The van der Waals surface area contributed by atoms with E-state index in [0.29, 0.717) is 22.0 Å². The Hall–Kier alpha value is -4.92. The average Bonchev–Trinajstić information content (AvgIpc) is 3.29. The smallest absolute Gasteiger partial charge is 0.270 e. The fraction of sp³-hybridized carbons (Fsp3) is 0.0606. The molecule has 0 saturated heterocycles. The highest BCUT2D eigenvalue weighted by Gasteiger charge is 2.59. The summed E-state index contributed by atoms with van der Waals surface area (Å²) in [4.78, 5) is 14.8.